The van der Waals surface area contributed by atoms with Crippen LogP contribution < -0.4 is 5.73 Å². The van der Waals surface area contributed by atoms with E-state index >= 15 is 0 Å². The van der Waals surface area contributed by atoms with E-state index in [-0.39, 0.29) is 12.0 Å². The van der Waals surface area contributed by atoms with E-state index in [9.17, 15) is 4.79 Å². The molecule has 1 rings (SSSR count). The van der Waals surface area contributed by atoms with E-state index in [0.29, 0.717) is 12.5 Å². The highest BCUT2D eigenvalue weighted by atomic mass is 16.5. The third-order valence-corrected chi connectivity index (χ3v) is 2.73. The summed E-state index contributed by atoms with van der Waals surface area (Å²) in [6.07, 6.45) is 6.28. The summed E-state index contributed by atoms with van der Waals surface area (Å²) >= 11 is 0. The van der Waals surface area contributed by atoms with Gasteiger partial charge in [0, 0.05) is 13.0 Å². The lowest BCUT2D eigenvalue weighted by Crippen LogP contribution is -2.36. The molecule has 13 heavy (non-hydrogen) atoms. The second-order valence-electron chi connectivity index (χ2n) is 3.86. The van der Waals surface area contributed by atoms with Gasteiger partial charge in [-0.25, -0.2) is 0 Å². The Balaban J connectivity index is 2.20. The van der Waals surface area contributed by atoms with Crippen LogP contribution in [0.3, 0.4) is 0 Å². The van der Waals surface area contributed by atoms with Crippen LogP contribution in [0.5, 0.6) is 0 Å². The first kappa shape index (κ1) is 10.5. The lowest BCUT2D eigenvalue weighted by atomic mass is 9.84. The highest BCUT2D eigenvalue weighted by Gasteiger charge is 2.20. The molecule has 76 valence electrons. The molecule has 0 amide bonds. The van der Waals surface area contributed by atoms with E-state index in [2.05, 4.69) is 0 Å². The summed E-state index contributed by atoms with van der Waals surface area (Å²) in [4.78, 5) is 10.6. The zero-order valence-corrected chi connectivity index (χ0v) is 8.29. The first-order chi connectivity index (χ1) is 6.20. The van der Waals surface area contributed by atoms with Crippen molar-refractivity contribution < 1.29 is 9.53 Å². The van der Waals surface area contributed by atoms with E-state index in [1.807, 2.05) is 0 Å². The van der Waals surface area contributed by atoms with Crippen molar-refractivity contribution in [3.8, 4) is 0 Å². The van der Waals surface area contributed by atoms with Crippen LogP contribution in [0, 0.1) is 5.92 Å². The average Bonchev–Trinajstić information content (AvgIpc) is 2.15. The molecule has 1 aliphatic carbocycles. The van der Waals surface area contributed by atoms with Gasteiger partial charge in [0.1, 0.15) is 6.61 Å². The summed E-state index contributed by atoms with van der Waals surface area (Å²) in [6.45, 7) is 1.81. The molecule has 1 fully saturated rings. The Morgan fingerprint density at radius 1 is 1.46 bits per heavy atom. The average molecular weight is 185 g/mol. The molecule has 0 radical (unpaired) electrons. The number of hydrogen-bond acceptors (Lipinski definition) is 3. The number of nitrogens with two attached hydrogens (primary N) is 1. The zero-order valence-electron chi connectivity index (χ0n) is 8.29. The highest BCUT2D eigenvalue weighted by Crippen LogP contribution is 2.25. The molecule has 0 saturated heterocycles. The topological polar surface area (TPSA) is 52.3 Å². The number of esters is 1. The molecule has 1 atom stereocenters. The molecule has 1 aliphatic rings. The molecular formula is C10H19NO2. The van der Waals surface area contributed by atoms with Crippen molar-refractivity contribution >= 4 is 5.97 Å². The number of ether oxygens (including phenoxy) is 1. The van der Waals surface area contributed by atoms with Crippen molar-refractivity contribution in [3.63, 3.8) is 0 Å². The van der Waals surface area contributed by atoms with E-state index in [4.69, 9.17) is 10.5 Å². The molecule has 0 unspecified atom stereocenters. The molecule has 0 aromatic carbocycles. The Morgan fingerprint density at radius 3 is 2.62 bits per heavy atom. The number of hydrogen-bond donors (Lipinski definition) is 1. The molecule has 0 bridgehead atoms. The molecule has 3 heteroatoms. The van der Waals surface area contributed by atoms with Gasteiger partial charge in [-0.2, -0.15) is 0 Å². The number of carbonyl (C=O) groups excluding carboxylic acids is 1. The molecule has 2 N–H and O–H groups in total. The predicted octanol–water partition coefficient (Wildman–Crippen LogP) is 1.46. The molecule has 0 heterocycles. The predicted molar refractivity (Wildman–Crippen MR) is 51.2 cm³/mol. The summed E-state index contributed by atoms with van der Waals surface area (Å²) in [7, 11) is 0. The zero-order chi connectivity index (χ0) is 9.68. The van der Waals surface area contributed by atoms with Crippen LogP contribution in [0.2, 0.25) is 0 Å². The Kier molecular flexibility index (Phi) is 4.22. The van der Waals surface area contributed by atoms with Crippen LogP contribution in [0.1, 0.15) is 39.0 Å². The second-order valence-corrected chi connectivity index (χ2v) is 3.86. The van der Waals surface area contributed by atoms with Gasteiger partial charge < -0.3 is 10.5 Å². The van der Waals surface area contributed by atoms with Crippen LogP contribution in [0.25, 0.3) is 0 Å². The lowest BCUT2D eigenvalue weighted by molar-refractivity contribution is -0.141. The summed E-state index contributed by atoms with van der Waals surface area (Å²) in [6, 6.07) is 0.0456. The molecule has 0 aliphatic heterocycles. The fourth-order valence-electron chi connectivity index (χ4n) is 1.91. The smallest absolute Gasteiger partial charge is 0.302 e. The first-order valence-electron chi connectivity index (χ1n) is 5.09. The number of carbonyl (C=O) groups is 1. The summed E-state index contributed by atoms with van der Waals surface area (Å²) in [5.74, 6) is 0.333. The third kappa shape index (κ3) is 3.77. The van der Waals surface area contributed by atoms with Crippen molar-refractivity contribution in [1.29, 1.82) is 0 Å². The Bertz CT molecular complexity index is 164. The van der Waals surface area contributed by atoms with E-state index in [1.54, 1.807) is 0 Å². The molecule has 3 nitrogen and oxygen atoms in total. The van der Waals surface area contributed by atoms with E-state index in [1.165, 1.54) is 39.0 Å². The van der Waals surface area contributed by atoms with Crippen molar-refractivity contribution in [2.45, 2.75) is 45.1 Å². The van der Waals surface area contributed by atoms with Gasteiger partial charge in [-0.1, -0.05) is 19.3 Å². The number of rotatable bonds is 3. The first-order valence-corrected chi connectivity index (χ1v) is 5.09. The highest BCUT2D eigenvalue weighted by molar-refractivity contribution is 5.65. The fraction of sp³-hybridized carbons (Fsp3) is 0.900. The van der Waals surface area contributed by atoms with E-state index < -0.39 is 0 Å². The summed E-state index contributed by atoms with van der Waals surface area (Å²) in [5, 5.41) is 0. The summed E-state index contributed by atoms with van der Waals surface area (Å²) < 4.78 is 4.89. The monoisotopic (exact) mass is 185 g/mol. The van der Waals surface area contributed by atoms with Crippen LogP contribution in [-0.2, 0) is 9.53 Å². The van der Waals surface area contributed by atoms with Gasteiger partial charge >= 0.3 is 5.97 Å². The van der Waals surface area contributed by atoms with Crippen molar-refractivity contribution in [1.82, 2.24) is 0 Å². The quantitative estimate of drug-likeness (QED) is 0.677. The van der Waals surface area contributed by atoms with Crippen LogP contribution >= 0.6 is 0 Å². The van der Waals surface area contributed by atoms with Crippen LogP contribution in [0.4, 0.5) is 0 Å². The maximum absolute atomic E-state index is 10.6. The molecule has 1 saturated carbocycles. The van der Waals surface area contributed by atoms with Gasteiger partial charge in [-0.05, 0) is 18.8 Å². The van der Waals surface area contributed by atoms with Crippen LogP contribution in [0.15, 0.2) is 0 Å². The SMILES string of the molecule is CC(=O)OC[C@H](N)C1CCCCC1. The Labute approximate surface area is 79.6 Å². The normalized spacial score (nSPS) is 21.1. The maximum Gasteiger partial charge on any atom is 0.302 e. The largest absolute Gasteiger partial charge is 0.464 e. The molecule has 0 aromatic rings. The summed E-state index contributed by atoms with van der Waals surface area (Å²) in [5.41, 5.74) is 5.92. The molecule has 0 spiro atoms. The minimum atomic E-state index is -0.230. The van der Waals surface area contributed by atoms with Gasteiger partial charge in [-0.3, -0.25) is 4.79 Å². The fourth-order valence-corrected chi connectivity index (χ4v) is 1.91. The van der Waals surface area contributed by atoms with Gasteiger partial charge in [0.15, 0.2) is 0 Å². The maximum atomic E-state index is 10.6. The molecule has 0 aromatic heterocycles. The minimum absolute atomic E-state index is 0.0456. The minimum Gasteiger partial charge on any atom is -0.464 e. The second kappa shape index (κ2) is 5.22. The van der Waals surface area contributed by atoms with Gasteiger partial charge in [0.05, 0.1) is 0 Å². The van der Waals surface area contributed by atoms with Crippen molar-refractivity contribution in [2.24, 2.45) is 11.7 Å². The van der Waals surface area contributed by atoms with Gasteiger partial charge in [-0.15, -0.1) is 0 Å². The Hall–Kier alpha value is -0.570. The Morgan fingerprint density at radius 2 is 2.08 bits per heavy atom. The van der Waals surface area contributed by atoms with Gasteiger partial charge in [0.2, 0.25) is 0 Å². The third-order valence-electron chi connectivity index (χ3n) is 2.73. The standard InChI is InChI=1S/C10H19NO2/c1-8(12)13-7-10(11)9-5-3-2-4-6-9/h9-10H,2-7,11H2,1H3/t10-/m0/s1. The van der Waals surface area contributed by atoms with Crippen molar-refractivity contribution in [2.75, 3.05) is 6.61 Å². The lowest BCUT2D eigenvalue weighted by Gasteiger charge is -2.26. The molecular weight excluding hydrogens is 166 g/mol. The van der Waals surface area contributed by atoms with E-state index in [0.717, 1.165) is 0 Å². The van der Waals surface area contributed by atoms with Gasteiger partial charge in [0.25, 0.3) is 0 Å². The van der Waals surface area contributed by atoms with Crippen LogP contribution in [-0.4, -0.2) is 18.6 Å². The van der Waals surface area contributed by atoms with Crippen molar-refractivity contribution in [3.05, 3.63) is 0 Å².